The smallest absolute Gasteiger partial charge is 0.255 e. The molecule has 3 nitrogen and oxygen atoms in total. The number of hydrogen-bond acceptors (Lipinski definition) is 2. The number of aryl methyl sites for hydroxylation is 1. The van der Waals surface area contributed by atoms with Gasteiger partial charge in [-0.1, -0.05) is 18.6 Å². The molecule has 3 heteroatoms. The van der Waals surface area contributed by atoms with Crippen molar-refractivity contribution in [3.05, 3.63) is 29.3 Å². The van der Waals surface area contributed by atoms with Crippen molar-refractivity contribution < 1.29 is 4.79 Å². The largest absolute Gasteiger partial charge is 0.398 e. The van der Waals surface area contributed by atoms with Crippen LogP contribution in [0.2, 0.25) is 0 Å². The van der Waals surface area contributed by atoms with Gasteiger partial charge in [0.2, 0.25) is 0 Å². The van der Waals surface area contributed by atoms with Gasteiger partial charge in [-0.3, -0.25) is 4.79 Å². The van der Waals surface area contributed by atoms with Crippen LogP contribution in [0.3, 0.4) is 0 Å². The molecule has 1 aromatic carbocycles. The molecule has 0 bridgehead atoms. The Morgan fingerprint density at radius 3 is 2.71 bits per heavy atom. The first-order valence-corrected chi connectivity index (χ1v) is 6.20. The fourth-order valence-corrected chi connectivity index (χ4v) is 2.32. The summed E-state index contributed by atoms with van der Waals surface area (Å²) in [6.45, 7) is 2.79. The van der Waals surface area contributed by atoms with Crippen molar-refractivity contribution >= 4 is 11.6 Å². The molecule has 2 rings (SSSR count). The van der Waals surface area contributed by atoms with E-state index in [0.29, 0.717) is 17.2 Å². The molecular formula is C14H20N2O. The molecule has 2 N–H and O–H groups in total. The SMILES string of the molecule is Cc1cccc(N)c1C(=O)N(C)CC1CCC1. The number of nitrogens with two attached hydrogens (primary N) is 1. The van der Waals surface area contributed by atoms with Crippen LogP contribution in [0.1, 0.15) is 35.2 Å². The van der Waals surface area contributed by atoms with Crippen LogP contribution < -0.4 is 5.73 Å². The summed E-state index contributed by atoms with van der Waals surface area (Å²) in [7, 11) is 1.87. The molecule has 0 unspecified atom stereocenters. The minimum atomic E-state index is 0.0486. The summed E-state index contributed by atoms with van der Waals surface area (Å²) in [6, 6.07) is 5.60. The van der Waals surface area contributed by atoms with Gasteiger partial charge >= 0.3 is 0 Å². The average molecular weight is 232 g/mol. The standard InChI is InChI=1S/C14H20N2O/c1-10-5-3-8-12(15)13(10)14(17)16(2)9-11-6-4-7-11/h3,5,8,11H,4,6-7,9,15H2,1-2H3. The number of carbonyl (C=O) groups excluding carboxylic acids is 1. The van der Waals surface area contributed by atoms with Crippen LogP contribution in [0, 0.1) is 12.8 Å². The molecule has 1 fully saturated rings. The van der Waals surface area contributed by atoms with Crippen LogP contribution in [0.25, 0.3) is 0 Å². The zero-order chi connectivity index (χ0) is 12.4. The number of benzene rings is 1. The van der Waals surface area contributed by atoms with Gasteiger partial charge in [-0.15, -0.1) is 0 Å². The molecule has 0 radical (unpaired) electrons. The molecule has 1 aliphatic carbocycles. The second kappa shape index (κ2) is 4.78. The van der Waals surface area contributed by atoms with E-state index in [0.717, 1.165) is 12.1 Å². The second-order valence-electron chi connectivity index (χ2n) is 5.02. The van der Waals surface area contributed by atoms with E-state index in [2.05, 4.69) is 0 Å². The summed E-state index contributed by atoms with van der Waals surface area (Å²) in [5.41, 5.74) is 8.08. The van der Waals surface area contributed by atoms with E-state index in [1.807, 2.05) is 31.0 Å². The van der Waals surface area contributed by atoms with Crippen molar-refractivity contribution in [2.45, 2.75) is 26.2 Å². The van der Waals surface area contributed by atoms with Crippen molar-refractivity contribution in [3.8, 4) is 0 Å². The number of anilines is 1. The van der Waals surface area contributed by atoms with Crippen LogP contribution in [0.4, 0.5) is 5.69 Å². The van der Waals surface area contributed by atoms with Crippen LogP contribution >= 0.6 is 0 Å². The van der Waals surface area contributed by atoms with E-state index in [1.54, 1.807) is 6.07 Å². The first-order chi connectivity index (χ1) is 8.09. The van der Waals surface area contributed by atoms with Crippen LogP contribution in [0.5, 0.6) is 0 Å². The fraction of sp³-hybridized carbons (Fsp3) is 0.500. The quantitative estimate of drug-likeness (QED) is 0.814. The van der Waals surface area contributed by atoms with Gasteiger partial charge in [0.25, 0.3) is 5.91 Å². The van der Waals surface area contributed by atoms with Crippen molar-refractivity contribution in [2.24, 2.45) is 5.92 Å². The van der Waals surface area contributed by atoms with Gasteiger partial charge in [0.15, 0.2) is 0 Å². The Bertz CT molecular complexity index is 404. The van der Waals surface area contributed by atoms with Crippen molar-refractivity contribution in [1.29, 1.82) is 0 Å². The van der Waals surface area contributed by atoms with Crippen LogP contribution in [-0.2, 0) is 0 Å². The van der Waals surface area contributed by atoms with Gasteiger partial charge in [0, 0.05) is 19.3 Å². The van der Waals surface area contributed by atoms with Crippen LogP contribution in [0.15, 0.2) is 18.2 Å². The molecule has 1 aromatic rings. The number of amides is 1. The zero-order valence-corrected chi connectivity index (χ0v) is 10.6. The molecule has 0 spiro atoms. The van der Waals surface area contributed by atoms with Gasteiger partial charge < -0.3 is 10.6 Å². The monoisotopic (exact) mass is 232 g/mol. The third-order valence-electron chi connectivity index (χ3n) is 3.62. The summed E-state index contributed by atoms with van der Waals surface area (Å²) in [5, 5.41) is 0. The predicted octanol–water partition coefficient (Wildman–Crippen LogP) is 2.45. The van der Waals surface area contributed by atoms with Crippen molar-refractivity contribution in [1.82, 2.24) is 4.90 Å². The lowest BCUT2D eigenvalue weighted by Gasteiger charge is -2.30. The molecule has 1 saturated carbocycles. The predicted molar refractivity (Wildman–Crippen MR) is 69.9 cm³/mol. The normalized spacial score (nSPS) is 15.4. The van der Waals surface area contributed by atoms with E-state index in [4.69, 9.17) is 5.73 Å². The van der Waals surface area contributed by atoms with Crippen molar-refractivity contribution in [2.75, 3.05) is 19.3 Å². The Labute approximate surface area is 103 Å². The van der Waals surface area contributed by atoms with Crippen LogP contribution in [-0.4, -0.2) is 24.4 Å². The minimum Gasteiger partial charge on any atom is -0.398 e. The highest BCUT2D eigenvalue weighted by molar-refractivity contribution is 6.00. The Morgan fingerprint density at radius 2 is 2.18 bits per heavy atom. The zero-order valence-electron chi connectivity index (χ0n) is 10.6. The number of nitrogen functional groups attached to an aromatic ring is 1. The molecule has 0 aliphatic heterocycles. The maximum atomic E-state index is 12.3. The minimum absolute atomic E-state index is 0.0486. The molecule has 1 aliphatic rings. The fourth-order valence-electron chi connectivity index (χ4n) is 2.32. The highest BCUT2D eigenvalue weighted by Gasteiger charge is 2.23. The van der Waals surface area contributed by atoms with E-state index in [-0.39, 0.29) is 5.91 Å². The van der Waals surface area contributed by atoms with Gasteiger partial charge in [0.05, 0.1) is 5.56 Å². The number of rotatable bonds is 3. The summed E-state index contributed by atoms with van der Waals surface area (Å²) in [6.07, 6.45) is 3.81. The van der Waals surface area contributed by atoms with Gasteiger partial charge in [-0.05, 0) is 37.3 Å². The van der Waals surface area contributed by atoms with E-state index >= 15 is 0 Å². The molecule has 17 heavy (non-hydrogen) atoms. The summed E-state index contributed by atoms with van der Waals surface area (Å²) >= 11 is 0. The maximum absolute atomic E-state index is 12.3. The lowest BCUT2D eigenvalue weighted by atomic mass is 9.85. The number of hydrogen-bond donors (Lipinski definition) is 1. The Kier molecular flexibility index (Phi) is 3.36. The lowest BCUT2D eigenvalue weighted by Crippen LogP contribution is -2.35. The highest BCUT2D eigenvalue weighted by Crippen LogP contribution is 2.27. The highest BCUT2D eigenvalue weighted by atomic mass is 16.2. The van der Waals surface area contributed by atoms with Gasteiger partial charge in [0.1, 0.15) is 0 Å². The molecule has 0 saturated heterocycles. The Balaban J connectivity index is 2.12. The van der Waals surface area contributed by atoms with E-state index in [1.165, 1.54) is 19.3 Å². The average Bonchev–Trinajstić information content (AvgIpc) is 2.22. The van der Waals surface area contributed by atoms with E-state index < -0.39 is 0 Å². The third kappa shape index (κ3) is 2.43. The molecule has 0 heterocycles. The number of nitrogens with zero attached hydrogens (tertiary/aromatic N) is 1. The topological polar surface area (TPSA) is 46.3 Å². The van der Waals surface area contributed by atoms with E-state index in [9.17, 15) is 4.79 Å². The molecule has 92 valence electrons. The summed E-state index contributed by atoms with van der Waals surface area (Å²) in [5.74, 6) is 0.738. The first-order valence-electron chi connectivity index (χ1n) is 6.20. The third-order valence-corrected chi connectivity index (χ3v) is 3.62. The van der Waals surface area contributed by atoms with Gasteiger partial charge in [-0.25, -0.2) is 0 Å². The maximum Gasteiger partial charge on any atom is 0.255 e. The Morgan fingerprint density at radius 1 is 1.47 bits per heavy atom. The summed E-state index contributed by atoms with van der Waals surface area (Å²) < 4.78 is 0. The lowest BCUT2D eigenvalue weighted by molar-refractivity contribution is 0.0745. The molecule has 1 amide bonds. The molecule has 0 aromatic heterocycles. The second-order valence-corrected chi connectivity index (χ2v) is 5.02. The summed E-state index contributed by atoms with van der Waals surface area (Å²) in [4.78, 5) is 14.1. The van der Waals surface area contributed by atoms with Crippen molar-refractivity contribution in [3.63, 3.8) is 0 Å². The molecule has 0 atom stereocenters. The first kappa shape index (κ1) is 12.0. The molecular weight excluding hydrogens is 212 g/mol. The number of carbonyl (C=O) groups is 1. The van der Waals surface area contributed by atoms with Gasteiger partial charge in [-0.2, -0.15) is 0 Å². The Hall–Kier alpha value is -1.51.